The van der Waals surface area contributed by atoms with E-state index in [9.17, 15) is 14.7 Å². The topological polar surface area (TPSA) is 63.6 Å². The molecule has 1 N–H and O–H groups in total. The summed E-state index contributed by atoms with van der Waals surface area (Å²) in [6.07, 6.45) is 6.38. The Morgan fingerprint density at radius 1 is 1.24 bits per heavy atom. The summed E-state index contributed by atoms with van der Waals surface area (Å²) in [5.74, 6) is 0.187. The summed E-state index contributed by atoms with van der Waals surface area (Å²) in [5, 5.41) is 11.5. The highest BCUT2D eigenvalue weighted by molar-refractivity contribution is 5.97. The number of hydrogen-bond donors (Lipinski definition) is 1. The highest BCUT2D eigenvalue weighted by Crippen LogP contribution is 2.64. The summed E-state index contributed by atoms with van der Waals surface area (Å²) >= 11 is 0. The van der Waals surface area contributed by atoms with Crippen molar-refractivity contribution in [2.24, 2.45) is 28.6 Å². The van der Waals surface area contributed by atoms with Gasteiger partial charge in [0.15, 0.2) is 5.78 Å². The van der Waals surface area contributed by atoms with Gasteiger partial charge >= 0.3 is 5.97 Å². The van der Waals surface area contributed by atoms with Crippen molar-refractivity contribution in [2.45, 2.75) is 71.8 Å². The molecule has 0 aromatic carbocycles. The summed E-state index contributed by atoms with van der Waals surface area (Å²) < 4.78 is 5.14. The number of carbonyl (C=O) groups is 2. The second kappa shape index (κ2) is 5.94. The second-order valence-corrected chi connectivity index (χ2v) is 9.29. The van der Waals surface area contributed by atoms with E-state index in [2.05, 4.69) is 6.92 Å². The molecule has 25 heavy (non-hydrogen) atoms. The summed E-state index contributed by atoms with van der Waals surface area (Å²) in [6, 6.07) is 0. The van der Waals surface area contributed by atoms with Crippen LogP contribution in [0.1, 0.15) is 66.2 Å². The Bertz CT molecular complexity index is 621. The lowest BCUT2D eigenvalue weighted by Gasteiger charge is -2.61. The minimum atomic E-state index is -0.923. The van der Waals surface area contributed by atoms with Gasteiger partial charge in [-0.25, -0.2) is 0 Å². The van der Waals surface area contributed by atoms with Gasteiger partial charge in [-0.1, -0.05) is 27.2 Å². The van der Waals surface area contributed by atoms with E-state index in [4.69, 9.17) is 4.74 Å². The van der Waals surface area contributed by atoms with Crippen LogP contribution in [-0.4, -0.2) is 29.6 Å². The first-order valence-electron chi connectivity index (χ1n) is 9.65. The number of ketones is 1. The van der Waals surface area contributed by atoms with Crippen molar-refractivity contribution in [2.75, 3.05) is 7.11 Å². The Morgan fingerprint density at radius 2 is 1.92 bits per heavy atom. The molecule has 0 saturated heterocycles. The monoisotopic (exact) mass is 348 g/mol. The van der Waals surface area contributed by atoms with E-state index in [1.807, 2.05) is 26.8 Å². The minimum absolute atomic E-state index is 0.113. The van der Waals surface area contributed by atoms with Gasteiger partial charge in [0.05, 0.1) is 18.1 Å². The van der Waals surface area contributed by atoms with E-state index in [1.165, 1.54) is 7.11 Å². The lowest BCUT2D eigenvalue weighted by Crippen LogP contribution is -2.61. The quantitative estimate of drug-likeness (QED) is 0.774. The minimum Gasteiger partial charge on any atom is -0.469 e. The SMILES string of the molecule is COC(=O)C1(C)CCCC2(C)C3CC(=O)C(C(C)C)=CC3(O)CCC12. The van der Waals surface area contributed by atoms with Gasteiger partial charge in [0, 0.05) is 12.3 Å². The van der Waals surface area contributed by atoms with E-state index in [0.29, 0.717) is 12.8 Å². The molecule has 4 heteroatoms. The van der Waals surface area contributed by atoms with E-state index in [1.54, 1.807) is 0 Å². The first-order chi connectivity index (χ1) is 11.6. The third kappa shape index (κ3) is 2.59. The number of rotatable bonds is 2. The Balaban J connectivity index is 2.04. The summed E-state index contributed by atoms with van der Waals surface area (Å²) in [4.78, 5) is 25.3. The maximum absolute atomic E-state index is 12.7. The van der Waals surface area contributed by atoms with Crippen LogP contribution in [0.2, 0.25) is 0 Å². The number of hydrogen-bond acceptors (Lipinski definition) is 4. The highest BCUT2D eigenvalue weighted by Gasteiger charge is 2.63. The maximum atomic E-state index is 12.7. The second-order valence-electron chi connectivity index (χ2n) is 9.29. The predicted molar refractivity (Wildman–Crippen MR) is 95.8 cm³/mol. The molecule has 0 aromatic rings. The maximum Gasteiger partial charge on any atom is 0.311 e. The van der Waals surface area contributed by atoms with Crippen molar-refractivity contribution >= 4 is 11.8 Å². The fourth-order valence-electron chi connectivity index (χ4n) is 6.30. The van der Waals surface area contributed by atoms with Crippen molar-refractivity contribution in [1.82, 2.24) is 0 Å². The molecule has 0 aromatic heterocycles. The molecule has 0 heterocycles. The van der Waals surface area contributed by atoms with Gasteiger partial charge in [-0.05, 0) is 61.5 Å². The van der Waals surface area contributed by atoms with Crippen LogP contribution in [0, 0.1) is 28.6 Å². The van der Waals surface area contributed by atoms with Gasteiger partial charge in [0.2, 0.25) is 0 Å². The lowest BCUT2D eigenvalue weighted by atomic mass is 9.43. The number of Topliss-reactive ketones (excluding diaryl/α,β-unsaturated/α-hetero) is 1. The van der Waals surface area contributed by atoms with Gasteiger partial charge in [-0.2, -0.15) is 0 Å². The molecule has 140 valence electrons. The van der Waals surface area contributed by atoms with Crippen LogP contribution in [0.5, 0.6) is 0 Å². The fraction of sp³-hybridized carbons (Fsp3) is 0.810. The van der Waals surface area contributed by atoms with Gasteiger partial charge in [-0.15, -0.1) is 0 Å². The van der Waals surface area contributed by atoms with Crippen LogP contribution in [0.4, 0.5) is 0 Å². The molecule has 0 spiro atoms. The van der Waals surface area contributed by atoms with E-state index >= 15 is 0 Å². The number of ether oxygens (including phenoxy) is 1. The summed E-state index contributed by atoms with van der Waals surface area (Å²) in [5.41, 5.74) is -0.892. The zero-order valence-corrected chi connectivity index (χ0v) is 16.2. The predicted octanol–water partition coefficient (Wildman–Crippen LogP) is 3.67. The van der Waals surface area contributed by atoms with Crippen LogP contribution >= 0.6 is 0 Å². The molecule has 2 fully saturated rings. The normalized spacial score (nSPS) is 44.0. The van der Waals surface area contributed by atoms with Gasteiger partial charge < -0.3 is 9.84 Å². The molecular formula is C21H32O4. The largest absolute Gasteiger partial charge is 0.469 e. The average Bonchev–Trinajstić information content (AvgIpc) is 2.54. The molecule has 0 radical (unpaired) electrons. The molecular weight excluding hydrogens is 316 g/mol. The molecule has 2 saturated carbocycles. The van der Waals surface area contributed by atoms with Gasteiger partial charge in [-0.3, -0.25) is 9.59 Å². The number of aliphatic hydroxyl groups is 1. The average molecular weight is 348 g/mol. The Morgan fingerprint density at radius 3 is 2.52 bits per heavy atom. The summed E-state index contributed by atoms with van der Waals surface area (Å²) in [7, 11) is 1.46. The molecule has 3 aliphatic carbocycles. The standard InChI is InChI=1S/C21H32O4/c1-13(2)14-12-21(24)10-7-16-19(3,17(21)11-15(14)22)8-6-9-20(16,4)18(23)25-5/h12-13,16-17,24H,6-11H2,1-5H3. The van der Waals surface area contributed by atoms with Crippen LogP contribution in [0.25, 0.3) is 0 Å². The highest BCUT2D eigenvalue weighted by atomic mass is 16.5. The number of fused-ring (bicyclic) bond motifs is 3. The molecule has 3 aliphatic rings. The molecule has 3 rings (SSSR count). The van der Waals surface area contributed by atoms with Gasteiger partial charge in [0.1, 0.15) is 0 Å². The molecule has 0 amide bonds. The number of allylic oxidation sites excluding steroid dienone is 1. The fourth-order valence-corrected chi connectivity index (χ4v) is 6.30. The first kappa shape index (κ1) is 18.6. The van der Waals surface area contributed by atoms with Crippen LogP contribution < -0.4 is 0 Å². The van der Waals surface area contributed by atoms with Crippen LogP contribution in [-0.2, 0) is 14.3 Å². The first-order valence-corrected chi connectivity index (χ1v) is 9.65. The van der Waals surface area contributed by atoms with Crippen LogP contribution in [0.15, 0.2) is 11.6 Å². The third-order valence-electron chi connectivity index (χ3n) is 7.60. The molecule has 0 aliphatic heterocycles. The van der Waals surface area contributed by atoms with Crippen molar-refractivity contribution in [1.29, 1.82) is 0 Å². The lowest BCUT2D eigenvalue weighted by molar-refractivity contribution is -0.189. The Labute approximate surface area is 151 Å². The summed E-state index contributed by atoms with van der Waals surface area (Å²) in [6.45, 7) is 8.23. The zero-order chi connectivity index (χ0) is 18.6. The smallest absolute Gasteiger partial charge is 0.311 e. The molecule has 5 unspecified atom stereocenters. The third-order valence-corrected chi connectivity index (χ3v) is 7.60. The van der Waals surface area contributed by atoms with Crippen LogP contribution in [0.3, 0.4) is 0 Å². The Hall–Kier alpha value is -1.16. The molecule has 0 bridgehead atoms. The number of esters is 1. The number of methoxy groups -OCH3 is 1. The van der Waals surface area contributed by atoms with E-state index < -0.39 is 11.0 Å². The molecule has 4 nitrogen and oxygen atoms in total. The zero-order valence-electron chi connectivity index (χ0n) is 16.2. The van der Waals surface area contributed by atoms with Crippen molar-refractivity contribution in [3.8, 4) is 0 Å². The van der Waals surface area contributed by atoms with E-state index in [0.717, 1.165) is 31.3 Å². The Kier molecular flexibility index (Phi) is 4.42. The molecule has 5 atom stereocenters. The van der Waals surface area contributed by atoms with Crippen molar-refractivity contribution in [3.05, 3.63) is 11.6 Å². The number of carbonyl (C=O) groups excluding carboxylic acids is 2. The van der Waals surface area contributed by atoms with Crippen molar-refractivity contribution < 1.29 is 19.4 Å². The van der Waals surface area contributed by atoms with E-state index in [-0.39, 0.29) is 34.9 Å². The van der Waals surface area contributed by atoms with Crippen molar-refractivity contribution in [3.63, 3.8) is 0 Å². The van der Waals surface area contributed by atoms with Gasteiger partial charge in [0.25, 0.3) is 0 Å².